The number of hydrogen-bond donors (Lipinski definition) is 3. The van der Waals surface area contributed by atoms with Crippen LogP contribution in [0.15, 0.2) is 140 Å². The molecule has 6 rings (SSSR count). The molecule has 0 spiro atoms. The second-order valence-corrected chi connectivity index (χ2v) is 16.5. The summed E-state index contributed by atoms with van der Waals surface area (Å²) in [6, 6.07) is 43.8. The average molecular weight is 853 g/mol. The highest BCUT2D eigenvalue weighted by molar-refractivity contribution is 5.88. The number of benzene rings is 5. The minimum Gasteiger partial charge on any atom is -0.449 e. The quantitative estimate of drug-likeness (QED) is 0.0551. The molecule has 0 fully saturated rings. The summed E-state index contributed by atoms with van der Waals surface area (Å²) in [5.41, 5.74) is 6.29. The summed E-state index contributed by atoms with van der Waals surface area (Å²) < 4.78 is 16.6. The summed E-state index contributed by atoms with van der Waals surface area (Å²) in [5, 5.41) is 8.11. The van der Waals surface area contributed by atoms with Crippen molar-refractivity contribution in [2.24, 2.45) is 0 Å². The van der Waals surface area contributed by atoms with Crippen LogP contribution in [0.1, 0.15) is 79.7 Å². The largest absolute Gasteiger partial charge is 0.449 e. The van der Waals surface area contributed by atoms with E-state index in [1.54, 1.807) is 25.7 Å². The van der Waals surface area contributed by atoms with E-state index < -0.39 is 35.8 Å². The van der Waals surface area contributed by atoms with Crippen LogP contribution >= 0.6 is 0 Å². The normalized spacial score (nSPS) is 12.3. The van der Waals surface area contributed by atoms with Gasteiger partial charge < -0.3 is 35.1 Å². The maximum atomic E-state index is 14.9. The Balaban J connectivity index is 1.20. The first kappa shape index (κ1) is 45.6. The van der Waals surface area contributed by atoms with E-state index in [1.807, 2.05) is 127 Å². The third kappa shape index (κ3) is 13.5. The number of alkyl carbamates (subject to hydrolysis) is 3. The maximum absolute atomic E-state index is 14.9. The fourth-order valence-electron chi connectivity index (χ4n) is 7.65. The van der Waals surface area contributed by atoms with Gasteiger partial charge in [-0.1, -0.05) is 140 Å². The second kappa shape index (κ2) is 22.2. The first-order chi connectivity index (χ1) is 30.4. The number of ether oxygens (including phenoxy) is 3. The molecule has 12 heteroatoms. The molecule has 0 radical (unpaired) electrons. The molecule has 0 saturated heterocycles. The van der Waals surface area contributed by atoms with E-state index in [9.17, 15) is 24.0 Å². The SMILES string of the molecule is CC(C)(C)OC(=O)NCC(=O)CCN(CC(c1ccccc1)c1ccccc1)C(=O)C(CCCNC(=O)OCc1ccccc1)NC(=O)OCC1c2ccccc2-c2ccccc21. The highest BCUT2D eigenvalue weighted by atomic mass is 16.6. The van der Waals surface area contributed by atoms with E-state index in [2.05, 4.69) is 28.1 Å². The van der Waals surface area contributed by atoms with Crippen molar-refractivity contribution in [2.75, 3.05) is 32.8 Å². The van der Waals surface area contributed by atoms with Crippen LogP contribution in [0.3, 0.4) is 0 Å². The zero-order valence-electron chi connectivity index (χ0n) is 36.1. The van der Waals surface area contributed by atoms with Crippen molar-refractivity contribution >= 4 is 30.0 Å². The number of ketones is 1. The van der Waals surface area contributed by atoms with Crippen molar-refractivity contribution in [3.8, 4) is 11.1 Å². The van der Waals surface area contributed by atoms with Crippen molar-refractivity contribution in [2.45, 2.75) is 70.1 Å². The van der Waals surface area contributed by atoms with Gasteiger partial charge in [-0.25, -0.2) is 14.4 Å². The van der Waals surface area contributed by atoms with Gasteiger partial charge in [0, 0.05) is 37.9 Å². The maximum Gasteiger partial charge on any atom is 0.408 e. The number of amides is 4. The number of Topliss-reactive ketones (excluding diaryl/α,β-unsaturated/α-hetero) is 1. The van der Waals surface area contributed by atoms with Gasteiger partial charge >= 0.3 is 18.3 Å². The second-order valence-electron chi connectivity index (χ2n) is 16.5. The summed E-state index contributed by atoms with van der Waals surface area (Å²) in [7, 11) is 0. The molecule has 0 heterocycles. The van der Waals surface area contributed by atoms with Gasteiger partial charge in [0.25, 0.3) is 0 Å². The van der Waals surface area contributed by atoms with Gasteiger partial charge in [-0.2, -0.15) is 0 Å². The fourth-order valence-corrected chi connectivity index (χ4v) is 7.65. The molecule has 328 valence electrons. The van der Waals surface area contributed by atoms with Crippen molar-refractivity contribution in [3.63, 3.8) is 0 Å². The molecule has 3 N–H and O–H groups in total. The van der Waals surface area contributed by atoms with E-state index in [0.717, 1.165) is 38.9 Å². The molecule has 0 aliphatic heterocycles. The molecular weight excluding hydrogens is 797 g/mol. The summed E-state index contributed by atoms with van der Waals surface area (Å²) in [5.74, 6) is -1.23. The van der Waals surface area contributed by atoms with Gasteiger partial charge in [-0.05, 0) is 72.6 Å². The zero-order valence-corrected chi connectivity index (χ0v) is 36.1. The molecule has 5 aromatic rings. The lowest BCUT2D eigenvalue weighted by atomic mass is 9.90. The number of rotatable bonds is 19. The van der Waals surface area contributed by atoms with Crippen LogP contribution in [0.4, 0.5) is 14.4 Å². The molecule has 4 amide bonds. The predicted octanol–water partition coefficient (Wildman–Crippen LogP) is 8.74. The number of nitrogens with one attached hydrogen (secondary N) is 3. The lowest BCUT2D eigenvalue weighted by Crippen LogP contribution is -2.50. The molecule has 0 saturated carbocycles. The number of nitrogens with zero attached hydrogens (tertiary/aromatic N) is 1. The van der Waals surface area contributed by atoms with Gasteiger partial charge in [-0.15, -0.1) is 0 Å². The van der Waals surface area contributed by atoms with E-state index in [0.29, 0.717) is 6.42 Å². The van der Waals surface area contributed by atoms with Gasteiger partial charge in [0.05, 0.1) is 6.54 Å². The minimum atomic E-state index is -1.09. The summed E-state index contributed by atoms with van der Waals surface area (Å²) >= 11 is 0. The predicted molar refractivity (Wildman–Crippen MR) is 241 cm³/mol. The van der Waals surface area contributed by atoms with Gasteiger partial charge in [0.1, 0.15) is 24.9 Å². The fraction of sp³-hybridized carbons (Fsp3) is 0.314. The Morgan fingerprint density at radius 3 is 1.79 bits per heavy atom. The minimum absolute atomic E-state index is 0.00321. The smallest absolute Gasteiger partial charge is 0.408 e. The number of carbonyl (C=O) groups is 5. The van der Waals surface area contributed by atoms with E-state index >= 15 is 0 Å². The highest BCUT2D eigenvalue weighted by Gasteiger charge is 2.32. The molecule has 63 heavy (non-hydrogen) atoms. The van der Waals surface area contributed by atoms with Gasteiger partial charge in [-0.3, -0.25) is 9.59 Å². The van der Waals surface area contributed by atoms with E-state index in [4.69, 9.17) is 14.2 Å². The van der Waals surface area contributed by atoms with Crippen molar-refractivity contribution < 1.29 is 38.2 Å². The standard InChI is InChI=1S/C51H56N4O8/c1-51(2,3)63-49(59)53-32-39(56)29-31-55(33-44(37-20-9-5-10-21-37)38-22-11-6-12-23-38)47(57)46(28-17-30-52-48(58)61-34-36-18-7-4-8-19-36)54-50(60)62-35-45-42-26-15-13-24-40(42)41-25-14-16-27-43(41)45/h4-16,18-27,44-46H,17,28-35H2,1-3H3,(H,52,58)(H,53,59)(H,54,60). The summed E-state index contributed by atoms with van der Waals surface area (Å²) in [6.07, 6.45) is -1.75. The van der Waals surface area contributed by atoms with Crippen molar-refractivity contribution in [1.29, 1.82) is 0 Å². The molecule has 1 unspecified atom stereocenters. The molecule has 1 atom stereocenters. The number of hydrogen-bond acceptors (Lipinski definition) is 8. The van der Waals surface area contributed by atoms with Crippen LogP contribution in [0, 0.1) is 0 Å². The van der Waals surface area contributed by atoms with Gasteiger partial charge in [0.2, 0.25) is 5.91 Å². The molecule has 5 aromatic carbocycles. The van der Waals surface area contributed by atoms with Crippen LogP contribution < -0.4 is 16.0 Å². The molecular formula is C51H56N4O8. The molecule has 0 aromatic heterocycles. The van der Waals surface area contributed by atoms with Crippen LogP contribution in [0.25, 0.3) is 11.1 Å². The first-order valence-corrected chi connectivity index (χ1v) is 21.4. The Hall–Kier alpha value is -6.95. The molecule has 1 aliphatic rings. The van der Waals surface area contributed by atoms with E-state index in [-0.39, 0.29) is 69.9 Å². The van der Waals surface area contributed by atoms with Crippen LogP contribution in [0.5, 0.6) is 0 Å². The Labute approximate surface area is 369 Å². The third-order valence-electron chi connectivity index (χ3n) is 10.7. The van der Waals surface area contributed by atoms with Gasteiger partial charge in [0.15, 0.2) is 5.78 Å². The lowest BCUT2D eigenvalue weighted by molar-refractivity contribution is -0.134. The number of carbonyl (C=O) groups excluding carboxylic acids is 5. The highest BCUT2D eigenvalue weighted by Crippen LogP contribution is 2.44. The third-order valence-corrected chi connectivity index (χ3v) is 10.7. The number of fused-ring (bicyclic) bond motifs is 3. The molecule has 1 aliphatic carbocycles. The Morgan fingerprint density at radius 2 is 1.21 bits per heavy atom. The van der Waals surface area contributed by atoms with Crippen LogP contribution in [-0.2, 0) is 30.4 Å². The Bertz CT molecular complexity index is 2210. The topological polar surface area (TPSA) is 152 Å². The molecule has 0 bridgehead atoms. The zero-order chi connectivity index (χ0) is 44.6. The Morgan fingerprint density at radius 1 is 0.651 bits per heavy atom. The lowest BCUT2D eigenvalue weighted by Gasteiger charge is -2.32. The van der Waals surface area contributed by atoms with Crippen molar-refractivity contribution in [3.05, 3.63) is 167 Å². The molecule has 12 nitrogen and oxygen atoms in total. The monoisotopic (exact) mass is 852 g/mol. The van der Waals surface area contributed by atoms with Crippen molar-refractivity contribution in [1.82, 2.24) is 20.9 Å². The first-order valence-electron chi connectivity index (χ1n) is 21.4. The van der Waals surface area contributed by atoms with E-state index in [1.165, 1.54) is 0 Å². The van der Waals surface area contributed by atoms with Crippen LogP contribution in [0.2, 0.25) is 0 Å². The van der Waals surface area contributed by atoms with Crippen LogP contribution in [-0.4, -0.2) is 79.3 Å². The summed E-state index contributed by atoms with van der Waals surface area (Å²) in [6.45, 7) is 5.38. The Kier molecular flexibility index (Phi) is 16.1. The average Bonchev–Trinajstić information content (AvgIpc) is 3.61. The summed E-state index contributed by atoms with van der Waals surface area (Å²) in [4.78, 5) is 68.5.